The number of benzene rings is 1. The van der Waals surface area contributed by atoms with E-state index in [0.29, 0.717) is 17.6 Å². The highest BCUT2D eigenvalue weighted by atomic mass is 32.1. The Morgan fingerprint density at radius 1 is 1.45 bits per heavy atom. The zero-order valence-corrected chi connectivity index (χ0v) is 14.4. The highest BCUT2D eigenvalue weighted by Gasteiger charge is 2.22. The fourth-order valence-electron chi connectivity index (χ4n) is 2.84. The van der Waals surface area contributed by atoms with Gasteiger partial charge in [0, 0.05) is 30.4 Å². The van der Waals surface area contributed by atoms with E-state index in [4.69, 9.17) is 12.2 Å². The molecule has 1 heterocycles. The molecular formula is C17H25N3OS. The number of carbonyl (C=O) groups excluding carboxylic acids is 1. The number of aryl methyl sites for hydroxylation is 1. The van der Waals surface area contributed by atoms with E-state index in [9.17, 15) is 4.79 Å². The first kappa shape index (κ1) is 16.7. The Hall–Kier alpha value is -1.62. The van der Waals surface area contributed by atoms with Gasteiger partial charge in [-0.25, -0.2) is 0 Å². The quantitative estimate of drug-likeness (QED) is 0.814. The van der Waals surface area contributed by atoms with E-state index in [1.54, 1.807) is 0 Å². The van der Waals surface area contributed by atoms with Crippen molar-refractivity contribution in [2.24, 2.45) is 0 Å². The molecule has 1 fully saturated rings. The van der Waals surface area contributed by atoms with Gasteiger partial charge in [-0.05, 0) is 62.7 Å². The minimum atomic E-state index is 0.217. The Labute approximate surface area is 138 Å². The second-order valence-electron chi connectivity index (χ2n) is 5.94. The highest BCUT2D eigenvalue weighted by molar-refractivity contribution is 7.80. The van der Waals surface area contributed by atoms with E-state index >= 15 is 0 Å². The van der Waals surface area contributed by atoms with Crippen LogP contribution in [-0.2, 0) is 4.79 Å². The number of hydrogen-bond acceptors (Lipinski definition) is 2. The zero-order chi connectivity index (χ0) is 16.1. The molecular weight excluding hydrogens is 294 g/mol. The molecule has 0 spiro atoms. The predicted molar refractivity (Wildman–Crippen MR) is 96.5 cm³/mol. The molecule has 2 rings (SSSR count). The third kappa shape index (κ3) is 4.19. The summed E-state index contributed by atoms with van der Waals surface area (Å²) in [6, 6.07) is 6.39. The maximum atomic E-state index is 11.9. The van der Waals surface area contributed by atoms with Crippen molar-refractivity contribution in [1.82, 2.24) is 5.32 Å². The molecule has 1 aromatic rings. The number of nitrogens with zero attached hydrogens (tertiary/aromatic N) is 1. The summed E-state index contributed by atoms with van der Waals surface area (Å²) in [5.41, 5.74) is 3.05. The summed E-state index contributed by atoms with van der Waals surface area (Å²) in [6.45, 7) is 7.14. The Kier molecular flexibility index (Phi) is 5.77. The molecule has 5 heteroatoms. The van der Waals surface area contributed by atoms with Crippen LogP contribution in [0.15, 0.2) is 18.2 Å². The Morgan fingerprint density at radius 3 is 2.82 bits per heavy atom. The summed E-state index contributed by atoms with van der Waals surface area (Å²) < 4.78 is 0. The van der Waals surface area contributed by atoms with Crippen LogP contribution >= 0.6 is 12.2 Å². The number of thiocarbonyl (C=S) groups is 1. The van der Waals surface area contributed by atoms with Crippen molar-refractivity contribution in [3.8, 4) is 0 Å². The van der Waals surface area contributed by atoms with Crippen molar-refractivity contribution in [2.45, 2.75) is 52.5 Å². The Balaban J connectivity index is 2.00. The minimum Gasteiger partial charge on any atom is -0.360 e. The summed E-state index contributed by atoms with van der Waals surface area (Å²) in [6.07, 6.45) is 3.83. The van der Waals surface area contributed by atoms with Crippen molar-refractivity contribution < 1.29 is 4.79 Å². The maximum absolute atomic E-state index is 11.9. The molecule has 1 amide bonds. The molecule has 2 N–H and O–H groups in total. The van der Waals surface area contributed by atoms with Gasteiger partial charge in [0.25, 0.3) is 0 Å². The lowest BCUT2D eigenvalue weighted by atomic mass is 10.1. The summed E-state index contributed by atoms with van der Waals surface area (Å²) in [4.78, 5) is 13.7. The van der Waals surface area contributed by atoms with E-state index in [0.717, 1.165) is 42.7 Å². The van der Waals surface area contributed by atoms with Crippen molar-refractivity contribution in [2.75, 3.05) is 16.8 Å². The molecule has 120 valence electrons. The smallest absolute Gasteiger partial charge is 0.227 e. The SMILES string of the molecule is CCC[C@@H](C)NC(=S)Nc1ccc(N2CCCC2=O)c(C)c1. The molecule has 0 radical (unpaired) electrons. The molecule has 22 heavy (non-hydrogen) atoms. The topological polar surface area (TPSA) is 44.4 Å². The average molecular weight is 319 g/mol. The summed E-state index contributed by atoms with van der Waals surface area (Å²) in [5.74, 6) is 0.217. The van der Waals surface area contributed by atoms with E-state index in [1.807, 2.05) is 30.0 Å². The number of hydrogen-bond donors (Lipinski definition) is 2. The molecule has 0 aliphatic carbocycles. The van der Waals surface area contributed by atoms with Crippen LogP contribution in [0.1, 0.15) is 45.1 Å². The largest absolute Gasteiger partial charge is 0.360 e. The number of carbonyl (C=O) groups is 1. The van der Waals surface area contributed by atoms with Gasteiger partial charge < -0.3 is 15.5 Å². The maximum Gasteiger partial charge on any atom is 0.227 e. The standard InChI is InChI=1S/C17H25N3OS/c1-4-6-13(3)18-17(22)19-14-8-9-15(12(2)11-14)20-10-5-7-16(20)21/h8-9,11,13H,4-7,10H2,1-3H3,(H2,18,19,22)/t13-/m1/s1. The molecule has 1 aliphatic rings. The third-order valence-electron chi connectivity index (χ3n) is 3.92. The number of rotatable bonds is 5. The Morgan fingerprint density at radius 2 is 2.23 bits per heavy atom. The van der Waals surface area contributed by atoms with Crippen LogP contribution in [-0.4, -0.2) is 23.6 Å². The first-order valence-electron chi connectivity index (χ1n) is 7.99. The van der Waals surface area contributed by atoms with Crippen molar-refractivity contribution in [3.05, 3.63) is 23.8 Å². The van der Waals surface area contributed by atoms with Gasteiger partial charge >= 0.3 is 0 Å². The monoisotopic (exact) mass is 319 g/mol. The predicted octanol–water partition coefficient (Wildman–Crippen LogP) is 3.60. The summed E-state index contributed by atoms with van der Waals surface area (Å²) >= 11 is 5.34. The van der Waals surface area contributed by atoms with Crippen LogP contribution in [0.25, 0.3) is 0 Å². The number of nitrogens with one attached hydrogen (secondary N) is 2. The fraction of sp³-hybridized carbons (Fsp3) is 0.529. The molecule has 0 aromatic heterocycles. The van der Waals surface area contributed by atoms with Gasteiger partial charge in [0.15, 0.2) is 5.11 Å². The van der Waals surface area contributed by atoms with Crippen LogP contribution in [0.5, 0.6) is 0 Å². The van der Waals surface area contributed by atoms with Gasteiger partial charge in [0.05, 0.1) is 0 Å². The lowest BCUT2D eigenvalue weighted by molar-refractivity contribution is -0.117. The van der Waals surface area contributed by atoms with E-state index in [-0.39, 0.29) is 5.91 Å². The van der Waals surface area contributed by atoms with E-state index < -0.39 is 0 Å². The average Bonchev–Trinajstić information content (AvgIpc) is 2.85. The third-order valence-corrected chi connectivity index (χ3v) is 4.14. The van der Waals surface area contributed by atoms with Crippen LogP contribution < -0.4 is 15.5 Å². The first-order chi connectivity index (χ1) is 10.5. The summed E-state index contributed by atoms with van der Waals surface area (Å²) in [5, 5.41) is 7.14. The first-order valence-corrected chi connectivity index (χ1v) is 8.40. The van der Waals surface area contributed by atoms with Gasteiger partial charge in [-0.2, -0.15) is 0 Å². The van der Waals surface area contributed by atoms with Crippen molar-refractivity contribution in [3.63, 3.8) is 0 Å². The molecule has 0 unspecified atom stereocenters. The van der Waals surface area contributed by atoms with Crippen molar-refractivity contribution >= 4 is 34.6 Å². The van der Waals surface area contributed by atoms with Crippen LogP contribution in [0.2, 0.25) is 0 Å². The van der Waals surface area contributed by atoms with Gasteiger partial charge in [-0.1, -0.05) is 13.3 Å². The minimum absolute atomic E-state index is 0.217. The molecule has 4 nitrogen and oxygen atoms in total. The number of amides is 1. The molecule has 1 aromatic carbocycles. The Bertz CT molecular complexity index is 559. The van der Waals surface area contributed by atoms with Gasteiger partial charge in [-0.15, -0.1) is 0 Å². The second-order valence-corrected chi connectivity index (χ2v) is 6.35. The molecule has 1 saturated heterocycles. The number of anilines is 2. The second kappa shape index (κ2) is 7.58. The van der Waals surface area contributed by atoms with Crippen LogP contribution in [0.4, 0.5) is 11.4 Å². The van der Waals surface area contributed by atoms with E-state index in [1.165, 1.54) is 0 Å². The van der Waals surface area contributed by atoms with Crippen LogP contribution in [0.3, 0.4) is 0 Å². The normalized spacial score (nSPS) is 15.8. The molecule has 0 saturated carbocycles. The lowest BCUT2D eigenvalue weighted by Gasteiger charge is -2.20. The van der Waals surface area contributed by atoms with E-state index in [2.05, 4.69) is 24.5 Å². The highest BCUT2D eigenvalue weighted by Crippen LogP contribution is 2.27. The molecule has 0 bridgehead atoms. The molecule has 1 aliphatic heterocycles. The van der Waals surface area contributed by atoms with Crippen LogP contribution in [0, 0.1) is 6.92 Å². The van der Waals surface area contributed by atoms with Crippen molar-refractivity contribution in [1.29, 1.82) is 0 Å². The zero-order valence-electron chi connectivity index (χ0n) is 13.6. The lowest BCUT2D eigenvalue weighted by Crippen LogP contribution is -2.35. The summed E-state index contributed by atoms with van der Waals surface area (Å²) in [7, 11) is 0. The van der Waals surface area contributed by atoms with Gasteiger partial charge in [-0.3, -0.25) is 4.79 Å². The molecule has 1 atom stereocenters. The van der Waals surface area contributed by atoms with Gasteiger partial charge in [0.2, 0.25) is 5.91 Å². The van der Waals surface area contributed by atoms with Gasteiger partial charge in [0.1, 0.15) is 0 Å². The fourth-order valence-corrected chi connectivity index (χ4v) is 3.15.